The standard InChI is InChI=1S/C17H14BClO6/c19-14-8-16-15(24-9-25-16)7-12(14)5-11-6-13(18(22)23)3-1-10(11)2-4-17(20)21/h1-4,6-8,22-23H,5,9H2,(H,20,21). The molecule has 1 heterocycles. The van der Waals surface area contributed by atoms with Gasteiger partial charge in [0, 0.05) is 17.2 Å². The number of halogens is 1. The van der Waals surface area contributed by atoms with E-state index < -0.39 is 13.1 Å². The summed E-state index contributed by atoms with van der Waals surface area (Å²) < 4.78 is 10.6. The molecule has 0 unspecified atom stereocenters. The topological polar surface area (TPSA) is 96.2 Å². The molecule has 1 aliphatic heterocycles. The normalized spacial score (nSPS) is 12.6. The van der Waals surface area contributed by atoms with Crippen molar-refractivity contribution < 1.29 is 29.4 Å². The second-order valence-corrected chi connectivity index (χ2v) is 5.88. The average Bonchev–Trinajstić information content (AvgIpc) is 3.00. The van der Waals surface area contributed by atoms with Crippen LogP contribution < -0.4 is 14.9 Å². The summed E-state index contributed by atoms with van der Waals surface area (Å²) in [6.45, 7) is 0.133. The fourth-order valence-electron chi connectivity index (χ4n) is 2.56. The van der Waals surface area contributed by atoms with E-state index in [1.165, 1.54) is 12.1 Å². The van der Waals surface area contributed by atoms with E-state index in [0.717, 1.165) is 11.6 Å². The Labute approximate surface area is 149 Å². The molecule has 0 radical (unpaired) electrons. The fraction of sp³-hybridized carbons (Fsp3) is 0.118. The van der Waals surface area contributed by atoms with Crippen molar-refractivity contribution in [3.63, 3.8) is 0 Å². The number of fused-ring (bicyclic) bond motifs is 1. The number of benzene rings is 2. The summed E-state index contributed by atoms with van der Waals surface area (Å²) in [4.78, 5) is 10.8. The lowest BCUT2D eigenvalue weighted by molar-refractivity contribution is -0.131. The maximum Gasteiger partial charge on any atom is 0.488 e. The summed E-state index contributed by atoms with van der Waals surface area (Å²) in [6, 6.07) is 8.18. The van der Waals surface area contributed by atoms with Crippen LogP contribution in [0.15, 0.2) is 36.4 Å². The quantitative estimate of drug-likeness (QED) is 0.551. The van der Waals surface area contributed by atoms with Gasteiger partial charge in [0.05, 0.1) is 0 Å². The number of aliphatic carboxylic acids is 1. The Bertz CT molecular complexity index is 849. The van der Waals surface area contributed by atoms with E-state index >= 15 is 0 Å². The summed E-state index contributed by atoms with van der Waals surface area (Å²) in [5, 5.41) is 28.1. The molecule has 2 aromatic rings. The molecular formula is C17H14BClO6. The summed E-state index contributed by atoms with van der Waals surface area (Å²) in [5.74, 6) is 0.0815. The van der Waals surface area contributed by atoms with Crippen molar-refractivity contribution in [2.45, 2.75) is 6.42 Å². The van der Waals surface area contributed by atoms with Crippen LogP contribution in [0.25, 0.3) is 6.08 Å². The highest BCUT2D eigenvalue weighted by molar-refractivity contribution is 6.58. The van der Waals surface area contributed by atoms with Gasteiger partial charge in [0.1, 0.15) is 0 Å². The molecule has 25 heavy (non-hydrogen) atoms. The molecule has 128 valence electrons. The molecule has 8 heteroatoms. The SMILES string of the molecule is O=C(O)C=Cc1ccc(B(O)O)cc1Cc1cc2c(cc1Cl)OCO2. The van der Waals surface area contributed by atoms with E-state index in [0.29, 0.717) is 39.5 Å². The first-order valence-corrected chi connectivity index (χ1v) is 7.80. The van der Waals surface area contributed by atoms with Crippen LogP contribution in [0.1, 0.15) is 16.7 Å². The third kappa shape index (κ3) is 3.96. The molecule has 0 spiro atoms. The first-order chi connectivity index (χ1) is 11.9. The maximum absolute atomic E-state index is 10.8. The molecular weight excluding hydrogens is 346 g/mol. The maximum atomic E-state index is 10.8. The molecule has 0 saturated heterocycles. The summed E-state index contributed by atoms with van der Waals surface area (Å²) in [7, 11) is -1.62. The predicted molar refractivity (Wildman–Crippen MR) is 93.3 cm³/mol. The molecule has 0 atom stereocenters. The molecule has 0 aromatic heterocycles. The second-order valence-electron chi connectivity index (χ2n) is 5.48. The highest BCUT2D eigenvalue weighted by Gasteiger charge is 2.18. The molecule has 0 saturated carbocycles. The molecule has 2 aromatic carbocycles. The van der Waals surface area contributed by atoms with Crippen LogP contribution in [0, 0.1) is 0 Å². The van der Waals surface area contributed by atoms with E-state index in [1.807, 2.05) is 0 Å². The summed E-state index contributed by atoms with van der Waals surface area (Å²) in [5.41, 5.74) is 2.39. The third-order valence-corrected chi connectivity index (χ3v) is 4.15. The van der Waals surface area contributed by atoms with Crippen LogP contribution in [0.5, 0.6) is 11.5 Å². The van der Waals surface area contributed by atoms with Crippen LogP contribution in [-0.2, 0) is 11.2 Å². The van der Waals surface area contributed by atoms with Gasteiger partial charge in [-0.1, -0.05) is 29.8 Å². The van der Waals surface area contributed by atoms with E-state index in [4.69, 9.17) is 26.2 Å². The number of hydrogen-bond donors (Lipinski definition) is 3. The van der Waals surface area contributed by atoms with Gasteiger partial charge in [-0.2, -0.15) is 0 Å². The number of carboxylic acids is 1. The smallest absolute Gasteiger partial charge is 0.478 e. The molecule has 1 aliphatic rings. The monoisotopic (exact) mass is 360 g/mol. The molecule has 3 N–H and O–H groups in total. The average molecular weight is 361 g/mol. The van der Waals surface area contributed by atoms with Crippen molar-refractivity contribution >= 4 is 36.2 Å². The van der Waals surface area contributed by atoms with Gasteiger partial charge in [-0.25, -0.2) is 4.79 Å². The zero-order valence-electron chi connectivity index (χ0n) is 13.0. The largest absolute Gasteiger partial charge is 0.488 e. The molecule has 3 rings (SSSR count). The van der Waals surface area contributed by atoms with E-state index in [1.54, 1.807) is 24.3 Å². The zero-order chi connectivity index (χ0) is 18.0. The second kappa shape index (κ2) is 7.19. The van der Waals surface area contributed by atoms with Gasteiger partial charge >= 0.3 is 13.1 Å². The number of carboxylic acid groups (broad SMARTS) is 1. The van der Waals surface area contributed by atoms with Gasteiger partial charge in [0.15, 0.2) is 11.5 Å². The van der Waals surface area contributed by atoms with Crippen LogP contribution in [0.2, 0.25) is 5.02 Å². The lowest BCUT2D eigenvalue weighted by atomic mass is 9.78. The predicted octanol–water partition coefficient (Wildman–Crippen LogP) is 1.44. The molecule has 0 amide bonds. The molecule has 6 nitrogen and oxygen atoms in total. The van der Waals surface area contributed by atoms with Crippen LogP contribution in [-0.4, -0.2) is 35.0 Å². The van der Waals surface area contributed by atoms with Crippen LogP contribution in [0.4, 0.5) is 0 Å². The summed E-state index contributed by atoms with van der Waals surface area (Å²) >= 11 is 6.29. The zero-order valence-corrected chi connectivity index (χ0v) is 13.7. The van der Waals surface area contributed by atoms with Gasteiger partial charge < -0.3 is 24.6 Å². The van der Waals surface area contributed by atoms with Gasteiger partial charge in [0.2, 0.25) is 6.79 Å². The van der Waals surface area contributed by atoms with Crippen molar-refractivity contribution in [2.75, 3.05) is 6.79 Å². The van der Waals surface area contributed by atoms with Gasteiger partial charge in [-0.15, -0.1) is 0 Å². The fourth-order valence-corrected chi connectivity index (χ4v) is 2.78. The van der Waals surface area contributed by atoms with Gasteiger partial charge in [0.25, 0.3) is 0 Å². The number of carbonyl (C=O) groups is 1. The van der Waals surface area contributed by atoms with Gasteiger partial charge in [-0.05, 0) is 40.7 Å². The van der Waals surface area contributed by atoms with Crippen LogP contribution in [0.3, 0.4) is 0 Å². The van der Waals surface area contributed by atoms with Crippen molar-refractivity contribution in [3.05, 3.63) is 58.1 Å². The first kappa shape index (κ1) is 17.4. The van der Waals surface area contributed by atoms with E-state index in [9.17, 15) is 14.8 Å². The Morgan fingerprint density at radius 1 is 1.16 bits per heavy atom. The molecule has 0 aliphatic carbocycles. The van der Waals surface area contributed by atoms with Crippen molar-refractivity contribution in [1.82, 2.24) is 0 Å². The minimum Gasteiger partial charge on any atom is -0.478 e. The highest BCUT2D eigenvalue weighted by atomic mass is 35.5. The Balaban J connectivity index is 2.00. The molecule has 0 bridgehead atoms. The third-order valence-electron chi connectivity index (χ3n) is 3.79. The van der Waals surface area contributed by atoms with Crippen molar-refractivity contribution in [2.24, 2.45) is 0 Å². The lowest BCUT2D eigenvalue weighted by Crippen LogP contribution is -2.30. The molecule has 0 fully saturated rings. The van der Waals surface area contributed by atoms with Gasteiger partial charge in [-0.3, -0.25) is 0 Å². The Morgan fingerprint density at radius 3 is 2.56 bits per heavy atom. The number of ether oxygens (including phenoxy) is 2. The minimum atomic E-state index is -1.62. The van der Waals surface area contributed by atoms with E-state index in [-0.39, 0.29) is 6.79 Å². The number of rotatable bonds is 5. The minimum absolute atomic E-state index is 0.133. The Hall–Kier alpha value is -2.48. The lowest BCUT2D eigenvalue weighted by Gasteiger charge is -2.11. The first-order valence-electron chi connectivity index (χ1n) is 7.42. The van der Waals surface area contributed by atoms with Crippen molar-refractivity contribution in [1.29, 1.82) is 0 Å². The number of hydrogen-bond acceptors (Lipinski definition) is 5. The van der Waals surface area contributed by atoms with Crippen LogP contribution >= 0.6 is 11.6 Å². The summed E-state index contributed by atoms with van der Waals surface area (Å²) in [6.07, 6.45) is 2.83. The Morgan fingerprint density at radius 2 is 1.88 bits per heavy atom. The van der Waals surface area contributed by atoms with Crippen molar-refractivity contribution in [3.8, 4) is 11.5 Å². The highest BCUT2D eigenvalue weighted by Crippen LogP contribution is 2.37. The Kier molecular flexibility index (Phi) is 4.99. The van der Waals surface area contributed by atoms with E-state index in [2.05, 4.69) is 0 Å².